The van der Waals surface area contributed by atoms with Crippen molar-refractivity contribution in [2.24, 2.45) is 5.92 Å². The normalized spacial score (nSPS) is 22.1. The summed E-state index contributed by atoms with van der Waals surface area (Å²) in [6.45, 7) is 5.61. The molecule has 0 amide bonds. The zero-order valence-electron chi connectivity index (χ0n) is 12.2. The Balaban J connectivity index is 1.69. The van der Waals surface area contributed by atoms with Crippen molar-refractivity contribution in [2.75, 3.05) is 19.6 Å². The Morgan fingerprint density at radius 3 is 2.70 bits per heavy atom. The second-order valence-electron chi connectivity index (χ2n) is 6.23. The van der Waals surface area contributed by atoms with Crippen molar-refractivity contribution in [3.63, 3.8) is 0 Å². The molecule has 1 aromatic rings. The first-order valence-corrected chi connectivity index (χ1v) is 7.81. The molecule has 3 rings (SSSR count). The maximum atomic E-state index is 13.4. The van der Waals surface area contributed by atoms with Gasteiger partial charge in [0.05, 0.1) is 6.20 Å². The van der Waals surface area contributed by atoms with Gasteiger partial charge in [-0.05, 0) is 63.2 Å². The summed E-state index contributed by atoms with van der Waals surface area (Å²) in [5, 5.41) is 3.42. The Morgan fingerprint density at radius 1 is 1.30 bits per heavy atom. The number of nitrogens with one attached hydrogen (secondary N) is 1. The van der Waals surface area contributed by atoms with Gasteiger partial charge in [0.2, 0.25) is 0 Å². The molecule has 1 aliphatic carbocycles. The third-order valence-corrected chi connectivity index (χ3v) is 4.65. The van der Waals surface area contributed by atoms with Crippen molar-refractivity contribution >= 4 is 0 Å². The van der Waals surface area contributed by atoms with E-state index in [4.69, 9.17) is 0 Å². The van der Waals surface area contributed by atoms with Crippen LogP contribution >= 0.6 is 0 Å². The van der Waals surface area contributed by atoms with E-state index in [0.29, 0.717) is 6.04 Å². The summed E-state index contributed by atoms with van der Waals surface area (Å²) in [5.41, 5.74) is 1.01. The predicted molar refractivity (Wildman–Crippen MR) is 77.9 cm³/mol. The van der Waals surface area contributed by atoms with Gasteiger partial charge in [-0.25, -0.2) is 4.39 Å². The van der Waals surface area contributed by atoms with Crippen molar-refractivity contribution < 1.29 is 4.39 Å². The molecule has 110 valence electrons. The lowest BCUT2D eigenvalue weighted by molar-refractivity contribution is 0.151. The highest BCUT2D eigenvalue weighted by Gasteiger charge is 2.34. The summed E-state index contributed by atoms with van der Waals surface area (Å²) in [5.74, 6) is 0.549. The number of hydrogen-bond acceptors (Lipinski definition) is 3. The highest BCUT2D eigenvalue weighted by Crippen LogP contribution is 2.35. The Morgan fingerprint density at radius 2 is 2.05 bits per heavy atom. The van der Waals surface area contributed by atoms with Crippen molar-refractivity contribution in [1.29, 1.82) is 0 Å². The summed E-state index contributed by atoms with van der Waals surface area (Å²) < 4.78 is 13.4. The van der Waals surface area contributed by atoms with Crippen molar-refractivity contribution in [2.45, 2.75) is 44.7 Å². The second-order valence-corrected chi connectivity index (χ2v) is 6.23. The minimum atomic E-state index is -0.230. The first kappa shape index (κ1) is 14.0. The third kappa shape index (κ3) is 3.36. The maximum Gasteiger partial charge on any atom is 0.141 e. The zero-order chi connectivity index (χ0) is 13.9. The van der Waals surface area contributed by atoms with Crippen LogP contribution in [0.5, 0.6) is 0 Å². The van der Waals surface area contributed by atoms with Gasteiger partial charge in [0.1, 0.15) is 5.82 Å². The van der Waals surface area contributed by atoms with Crippen LogP contribution in [0.15, 0.2) is 18.5 Å². The van der Waals surface area contributed by atoms with Crippen LogP contribution in [-0.4, -0.2) is 35.6 Å². The Bertz CT molecular complexity index is 441. The molecule has 2 fully saturated rings. The van der Waals surface area contributed by atoms with E-state index in [9.17, 15) is 4.39 Å². The summed E-state index contributed by atoms with van der Waals surface area (Å²) in [6.07, 6.45) is 8.20. The molecule has 1 unspecified atom stereocenters. The summed E-state index contributed by atoms with van der Waals surface area (Å²) in [4.78, 5) is 6.58. The van der Waals surface area contributed by atoms with Crippen LogP contribution in [0.2, 0.25) is 0 Å². The number of rotatable bonds is 5. The smallest absolute Gasteiger partial charge is 0.141 e. The molecule has 0 radical (unpaired) electrons. The quantitative estimate of drug-likeness (QED) is 0.897. The van der Waals surface area contributed by atoms with E-state index in [-0.39, 0.29) is 11.9 Å². The average molecular weight is 277 g/mol. The Hall–Kier alpha value is -1.00. The predicted octanol–water partition coefficient (Wildman–Crippen LogP) is 2.75. The summed E-state index contributed by atoms with van der Waals surface area (Å²) in [7, 11) is 0. The maximum absolute atomic E-state index is 13.4. The number of pyridine rings is 1. The molecule has 0 aromatic carbocycles. The van der Waals surface area contributed by atoms with Crippen molar-refractivity contribution in [3.8, 4) is 0 Å². The molecule has 1 N–H and O–H groups in total. The second kappa shape index (κ2) is 6.19. The minimum absolute atomic E-state index is 0.230. The fourth-order valence-electron chi connectivity index (χ4n) is 3.24. The van der Waals surface area contributed by atoms with Gasteiger partial charge in [-0.1, -0.05) is 0 Å². The first-order chi connectivity index (χ1) is 9.74. The lowest BCUT2D eigenvalue weighted by atomic mass is 9.96. The lowest BCUT2D eigenvalue weighted by Crippen LogP contribution is -2.38. The first-order valence-electron chi connectivity index (χ1n) is 7.81. The monoisotopic (exact) mass is 277 g/mol. The van der Waals surface area contributed by atoms with Crippen molar-refractivity contribution in [3.05, 3.63) is 29.8 Å². The average Bonchev–Trinajstić information content (AvgIpc) is 3.30. The summed E-state index contributed by atoms with van der Waals surface area (Å²) in [6, 6.07) is 2.60. The number of hydrogen-bond donors (Lipinski definition) is 1. The Kier molecular flexibility index (Phi) is 4.32. The van der Waals surface area contributed by atoms with E-state index in [1.807, 2.05) is 6.20 Å². The van der Waals surface area contributed by atoms with Crippen LogP contribution in [-0.2, 0) is 0 Å². The molecule has 0 bridgehead atoms. The third-order valence-electron chi connectivity index (χ3n) is 4.65. The molecular weight excluding hydrogens is 253 g/mol. The molecule has 20 heavy (non-hydrogen) atoms. The minimum Gasteiger partial charge on any atom is -0.317 e. The largest absolute Gasteiger partial charge is 0.317 e. The zero-order valence-corrected chi connectivity index (χ0v) is 12.2. The highest BCUT2D eigenvalue weighted by molar-refractivity contribution is 5.15. The molecular formula is C16H24FN3. The molecule has 0 spiro atoms. The van der Waals surface area contributed by atoms with Gasteiger partial charge in [-0.15, -0.1) is 0 Å². The van der Waals surface area contributed by atoms with Gasteiger partial charge in [0.25, 0.3) is 0 Å². The van der Waals surface area contributed by atoms with E-state index in [1.54, 1.807) is 6.07 Å². The molecule has 2 heterocycles. The van der Waals surface area contributed by atoms with Gasteiger partial charge in [-0.3, -0.25) is 9.88 Å². The topological polar surface area (TPSA) is 28.2 Å². The molecule has 1 saturated heterocycles. The molecule has 1 aliphatic heterocycles. The van der Waals surface area contributed by atoms with E-state index >= 15 is 0 Å². The van der Waals surface area contributed by atoms with E-state index in [0.717, 1.165) is 31.1 Å². The van der Waals surface area contributed by atoms with Gasteiger partial charge < -0.3 is 5.32 Å². The van der Waals surface area contributed by atoms with Crippen LogP contribution < -0.4 is 5.32 Å². The van der Waals surface area contributed by atoms with Crippen molar-refractivity contribution in [1.82, 2.24) is 15.2 Å². The van der Waals surface area contributed by atoms with Gasteiger partial charge in [0, 0.05) is 24.8 Å². The van der Waals surface area contributed by atoms with Crippen LogP contribution in [0.25, 0.3) is 0 Å². The lowest BCUT2D eigenvalue weighted by Gasteiger charge is -2.34. The molecule has 1 aromatic heterocycles. The fraction of sp³-hybridized carbons (Fsp3) is 0.688. The Labute approximate surface area is 120 Å². The highest BCUT2D eigenvalue weighted by atomic mass is 19.1. The van der Waals surface area contributed by atoms with E-state index in [2.05, 4.69) is 22.1 Å². The van der Waals surface area contributed by atoms with Crippen LogP contribution in [0.4, 0.5) is 4.39 Å². The fourth-order valence-corrected chi connectivity index (χ4v) is 3.24. The van der Waals surface area contributed by atoms with Gasteiger partial charge in [0.15, 0.2) is 0 Å². The molecule has 2 aliphatic rings. The number of nitrogens with zero attached hydrogens (tertiary/aromatic N) is 2. The molecule has 1 saturated carbocycles. The van der Waals surface area contributed by atoms with Gasteiger partial charge >= 0.3 is 0 Å². The number of halogens is 1. The van der Waals surface area contributed by atoms with Crippen LogP contribution in [0.3, 0.4) is 0 Å². The summed E-state index contributed by atoms with van der Waals surface area (Å²) >= 11 is 0. The standard InChI is InChI=1S/C16H24FN3/c1-12(14-8-15(17)10-19-9-14)20(16-2-3-16)11-13-4-6-18-7-5-13/h8-10,12-13,16,18H,2-7,11H2,1H3. The van der Waals surface area contributed by atoms with Gasteiger partial charge in [-0.2, -0.15) is 0 Å². The molecule has 3 nitrogen and oxygen atoms in total. The van der Waals surface area contributed by atoms with E-state index in [1.165, 1.54) is 31.9 Å². The molecule has 4 heteroatoms. The van der Waals surface area contributed by atoms with Crippen LogP contribution in [0, 0.1) is 11.7 Å². The number of piperidine rings is 1. The number of aromatic nitrogens is 1. The van der Waals surface area contributed by atoms with Crippen LogP contribution in [0.1, 0.15) is 44.2 Å². The SMILES string of the molecule is CC(c1cncc(F)c1)N(CC1CCNCC1)C1CC1. The van der Waals surface area contributed by atoms with E-state index < -0.39 is 0 Å². The molecule has 1 atom stereocenters.